The van der Waals surface area contributed by atoms with E-state index in [9.17, 15) is 4.79 Å². The van der Waals surface area contributed by atoms with Crippen molar-refractivity contribution in [3.63, 3.8) is 0 Å². The van der Waals surface area contributed by atoms with Crippen molar-refractivity contribution < 1.29 is 9.32 Å². The van der Waals surface area contributed by atoms with E-state index in [2.05, 4.69) is 10.1 Å². The van der Waals surface area contributed by atoms with Gasteiger partial charge in [0.2, 0.25) is 5.76 Å². The van der Waals surface area contributed by atoms with Gasteiger partial charge >= 0.3 is 0 Å². The first kappa shape index (κ1) is 7.93. The molecule has 0 radical (unpaired) electrons. The zero-order chi connectivity index (χ0) is 9.26. The summed E-state index contributed by atoms with van der Waals surface area (Å²) in [5, 5.41) is 3.67. The Kier molecular flexibility index (Phi) is 1.82. The Bertz CT molecular complexity index is 421. The number of aromatic nitrogens is 2. The molecule has 0 bridgehead atoms. The molecule has 66 valence electrons. The molecule has 0 aromatic carbocycles. The van der Waals surface area contributed by atoms with E-state index >= 15 is 0 Å². The van der Waals surface area contributed by atoms with E-state index in [4.69, 9.17) is 10.3 Å². The maximum Gasteiger partial charge on any atom is 0.287 e. The molecule has 2 heterocycles. The van der Waals surface area contributed by atoms with Crippen LogP contribution in [0.2, 0.25) is 0 Å². The summed E-state index contributed by atoms with van der Waals surface area (Å²) in [5.41, 5.74) is 7.25. The van der Waals surface area contributed by atoms with Gasteiger partial charge < -0.3 is 10.3 Å². The summed E-state index contributed by atoms with van der Waals surface area (Å²) in [4.78, 5) is 15.4. The van der Waals surface area contributed by atoms with Gasteiger partial charge in [0.1, 0.15) is 5.69 Å². The largest absolute Gasteiger partial charge is 0.363 e. The standard InChI is InChI=1S/C7H5N3O2S/c8-7(11)5-1-4(10-12-5)6-2-9-3-13-6/h1-3H,(H2,8,11). The number of carbonyl (C=O) groups is 1. The normalized spacial score (nSPS) is 10.2. The predicted molar refractivity (Wildman–Crippen MR) is 46.1 cm³/mol. The average molecular weight is 195 g/mol. The maximum absolute atomic E-state index is 10.7. The molecule has 13 heavy (non-hydrogen) atoms. The van der Waals surface area contributed by atoms with Gasteiger partial charge in [0.15, 0.2) is 0 Å². The van der Waals surface area contributed by atoms with E-state index in [1.807, 2.05) is 0 Å². The first-order chi connectivity index (χ1) is 6.27. The molecule has 1 amide bonds. The van der Waals surface area contributed by atoms with Crippen LogP contribution in [0.1, 0.15) is 10.6 Å². The molecule has 0 aliphatic heterocycles. The first-order valence-electron chi connectivity index (χ1n) is 3.43. The van der Waals surface area contributed by atoms with E-state index in [1.165, 1.54) is 17.4 Å². The molecule has 0 saturated heterocycles. The van der Waals surface area contributed by atoms with Gasteiger partial charge in [-0.3, -0.25) is 9.78 Å². The van der Waals surface area contributed by atoms with Gasteiger partial charge in [0.05, 0.1) is 10.4 Å². The Labute approximate surface area is 77.2 Å². The van der Waals surface area contributed by atoms with E-state index in [-0.39, 0.29) is 5.76 Å². The number of nitrogens with two attached hydrogens (primary N) is 1. The van der Waals surface area contributed by atoms with Crippen molar-refractivity contribution in [2.75, 3.05) is 0 Å². The van der Waals surface area contributed by atoms with Crippen molar-refractivity contribution in [2.24, 2.45) is 5.73 Å². The van der Waals surface area contributed by atoms with Gasteiger partial charge in [0, 0.05) is 12.3 Å². The molecule has 2 aromatic heterocycles. The minimum atomic E-state index is -0.622. The molecule has 0 unspecified atom stereocenters. The molecule has 0 saturated carbocycles. The Hall–Kier alpha value is -1.69. The molecular weight excluding hydrogens is 190 g/mol. The van der Waals surface area contributed by atoms with Gasteiger partial charge in [-0.1, -0.05) is 5.16 Å². The van der Waals surface area contributed by atoms with Crippen LogP contribution in [0.15, 0.2) is 22.3 Å². The van der Waals surface area contributed by atoms with Crippen LogP contribution in [0.25, 0.3) is 10.6 Å². The summed E-state index contributed by atoms with van der Waals surface area (Å²) < 4.78 is 4.70. The highest BCUT2D eigenvalue weighted by molar-refractivity contribution is 7.13. The average Bonchev–Trinajstić information content (AvgIpc) is 2.75. The van der Waals surface area contributed by atoms with Gasteiger partial charge in [-0.15, -0.1) is 11.3 Å². The molecule has 0 aliphatic carbocycles. The Balaban J connectivity index is 2.39. The summed E-state index contributed by atoms with van der Waals surface area (Å²) in [5.74, 6) is -0.563. The molecule has 5 nitrogen and oxygen atoms in total. The quantitative estimate of drug-likeness (QED) is 0.771. The monoisotopic (exact) mass is 195 g/mol. The third-order valence-electron chi connectivity index (χ3n) is 1.44. The number of rotatable bonds is 2. The van der Waals surface area contributed by atoms with Crippen LogP contribution in [0.3, 0.4) is 0 Å². The lowest BCUT2D eigenvalue weighted by molar-refractivity contribution is 0.0965. The van der Waals surface area contributed by atoms with Gasteiger partial charge in [-0.05, 0) is 0 Å². The zero-order valence-corrected chi connectivity index (χ0v) is 7.25. The molecule has 2 aromatic rings. The Morgan fingerprint density at radius 2 is 2.46 bits per heavy atom. The van der Waals surface area contributed by atoms with E-state index in [1.54, 1.807) is 11.7 Å². The van der Waals surface area contributed by atoms with E-state index in [0.29, 0.717) is 5.69 Å². The van der Waals surface area contributed by atoms with Crippen molar-refractivity contribution in [1.29, 1.82) is 0 Å². The fraction of sp³-hybridized carbons (Fsp3) is 0. The fourth-order valence-electron chi connectivity index (χ4n) is 0.850. The zero-order valence-electron chi connectivity index (χ0n) is 6.43. The van der Waals surface area contributed by atoms with Crippen LogP contribution in [0.5, 0.6) is 0 Å². The summed E-state index contributed by atoms with van der Waals surface area (Å²) in [6.07, 6.45) is 1.65. The maximum atomic E-state index is 10.7. The van der Waals surface area contributed by atoms with Gasteiger partial charge in [0.25, 0.3) is 5.91 Å². The van der Waals surface area contributed by atoms with Crippen LogP contribution >= 0.6 is 11.3 Å². The SMILES string of the molecule is NC(=O)c1cc(-c2cncs2)no1. The van der Waals surface area contributed by atoms with Crippen molar-refractivity contribution in [1.82, 2.24) is 10.1 Å². The highest BCUT2D eigenvalue weighted by atomic mass is 32.1. The lowest BCUT2D eigenvalue weighted by Gasteiger charge is -1.81. The van der Waals surface area contributed by atoms with Crippen LogP contribution in [-0.4, -0.2) is 16.0 Å². The minimum Gasteiger partial charge on any atom is -0.363 e. The van der Waals surface area contributed by atoms with Crippen molar-refractivity contribution in [2.45, 2.75) is 0 Å². The van der Waals surface area contributed by atoms with Crippen LogP contribution < -0.4 is 5.73 Å². The molecule has 0 fully saturated rings. The summed E-state index contributed by atoms with van der Waals surface area (Å²) >= 11 is 1.42. The molecule has 0 atom stereocenters. The molecule has 2 N–H and O–H groups in total. The van der Waals surface area contributed by atoms with Crippen LogP contribution in [0, 0.1) is 0 Å². The second kappa shape index (κ2) is 2.98. The number of nitrogens with zero attached hydrogens (tertiary/aromatic N) is 2. The smallest absolute Gasteiger partial charge is 0.287 e. The number of primary amides is 1. The molecule has 6 heteroatoms. The first-order valence-corrected chi connectivity index (χ1v) is 4.31. The highest BCUT2D eigenvalue weighted by Crippen LogP contribution is 2.22. The third kappa shape index (κ3) is 1.43. The molecule has 0 aliphatic rings. The fourth-order valence-corrected chi connectivity index (χ4v) is 1.42. The number of thiazole rings is 1. The second-order valence-electron chi connectivity index (χ2n) is 2.31. The lowest BCUT2D eigenvalue weighted by atomic mass is 10.3. The number of carbonyl (C=O) groups excluding carboxylic acids is 1. The van der Waals surface area contributed by atoms with Crippen molar-refractivity contribution >= 4 is 17.2 Å². The number of amides is 1. The van der Waals surface area contributed by atoms with Crippen molar-refractivity contribution in [3.8, 4) is 10.6 Å². The van der Waals surface area contributed by atoms with Crippen LogP contribution in [0.4, 0.5) is 0 Å². The molecular formula is C7H5N3O2S. The minimum absolute atomic E-state index is 0.0587. The Morgan fingerprint density at radius 3 is 3.00 bits per heavy atom. The second-order valence-corrected chi connectivity index (χ2v) is 3.19. The van der Waals surface area contributed by atoms with E-state index in [0.717, 1.165) is 4.88 Å². The lowest BCUT2D eigenvalue weighted by Crippen LogP contribution is -2.09. The predicted octanol–water partition coefficient (Wildman–Crippen LogP) is 0.897. The van der Waals surface area contributed by atoms with Crippen LogP contribution in [-0.2, 0) is 0 Å². The van der Waals surface area contributed by atoms with Crippen molar-refractivity contribution in [3.05, 3.63) is 23.5 Å². The van der Waals surface area contributed by atoms with E-state index < -0.39 is 5.91 Å². The number of hydrogen-bond acceptors (Lipinski definition) is 5. The summed E-state index contributed by atoms with van der Waals surface area (Å²) in [7, 11) is 0. The summed E-state index contributed by atoms with van der Waals surface area (Å²) in [6.45, 7) is 0. The number of hydrogen-bond donors (Lipinski definition) is 1. The molecule has 0 spiro atoms. The Morgan fingerprint density at radius 1 is 1.62 bits per heavy atom. The topological polar surface area (TPSA) is 82.0 Å². The van der Waals surface area contributed by atoms with Gasteiger partial charge in [-0.25, -0.2) is 0 Å². The summed E-state index contributed by atoms with van der Waals surface area (Å²) in [6, 6.07) is 1.50. The molecule has 2 rings (SSSR count). The third-order valence-corrected chi connectivity index (χ3v) is 2.23. The van der Waals surface area contributed by atoms with Gasteiger partial charge in [-0.2, -0.15) is 0 Å². The highest BCUT2D eigenvalue weighted by Gasteiger charge is 2.11.